The molecule has 62 valence electrons. The zero-order valence-corrected chi connectivity index (χ0v) is 9.60. The minimum atomic E-state index is 0.596. The molecule has 2 heteroatoms. The molecule has 0 heterocycles. The first-order chi connectivity index (χ1) is 4.46. The van der Waals surface area contributed by atoms with Crippen molar-refractivity contribution in [3.05, 3.63) is 0 Å². The van der Waals surface area contributed by atoms with E-state index in [1.165, 1.54) is 0 Å². The maximum Gasteiger partial charge on any atom is 0.161 e. The summed E-state index contributed by atoms with van der Waals surface area (Å²) in [6.07, 6.45) is 9.37. The van der Waals surface area contributed by atoms with Gasteiger partial charge in [-0.1, -0.05) is 0 Å². The average molecular weight is 180 g/mol. The van der Waals surface area contributed by atoms with Gasteiger partial charge in [-0.05, 0) is 35.6 Å². The van der Waals surface area contributed by atoms with Crippen molar-refractivity contribution in [2.24, 2.45) is 0 Å². The lowest BCUT2D eigenvalue weighted by atomic mass is 10.4. The Labute approximate surface area is 71.5 Å². The van der Waals surface area contributed by atoms with Crippen molar-refractivity contribution in [3.63, 3.8) is 0 Å². The third-order valence-corrected chi connectivity index (χ3v) is 6.11. The lowest BCUT2D eigenvalue weighted by Gasteiger charge is -2.13. The lowest BCUT2D eigenvalue weighted by molar-refractivity contribution is 0.916. The van der Waals surface area contributed by atoms with Crippen molar-refractivity contribution < 1.29 is 0 Å². The average Bonchev–Trinajstić information content (AvgIpc) is 1.84. The molecular formula is C8H20S2+2. The molecule has 10 heavy (non-hydrogen) atoms. The molecular weight excluding hydrogens is 160 g/mol. The van der Waals surface area contributed by atoms with E-state index in [1.807, 2.05) is 0 Å². The number of hydrogen-bond donors (Lipinski definition) is 0. The first-order valence-electron chi connectivity index (χ1n) is 3.59. The monoisotopic (exact) mass is 180 g/mol. The van der Waals surface area contributed by atoms with Crippen molar-refractivity contribution in [1.82, 2.24) is 0 Å². The van der Waals surface area contributed by atoms with Crippen molar-refractivity contribution in [2.75, 3.05) is 25.0 Å². The maximum atomic E-state index is 2.38. The van der Waals surface area contributed by atoms with Gasteiger partial charge in [-0.15, -0.1) is 0 Å². The van der Waals surface area contributed by atoms with Gasteiger partial charge in [-0.3, -0.25) is 0 Å². The summed E-state index contributed by atoms with van der Waals surface area (Å²) < 4.78 is 0. The minimum absolute atomic E-state index is 0.596. The number of hydrogen-bond acceptors (Lipinski definition) is 0. The Morgan fingerprint density at radius 2 is 0.900 bits per heavy atom. The van der Waals surface area contributed by atoms with E-state index in [0.29, 0.717) is 21.8 Å². The minimum Gasteiger partial charge on any atom is -0.0119 e. The highest BCUT2D eigenvalue weighted by atomic mass is 32.2. The summed E-state index contributed by atoms with van der Waals surface area (Å²) in [5, 5.41) is 1.80. The third-order valence-electron chi connectivity index (χ3n) is 2.15. The summed E-state index contributed by atoms with van der Waals surface area (Å²) >= 11 is 0. The summed E-state index contributed by atoms with van der Waals surface area (Å²) in [5.41, 5.74) is 0. The van der Waals surface area contributed by atoms with Crippen LogP contribution in [-0.2, 0) is 21.8 Å². The van der Waals surface area contributed by atoms with Gasteiger partial charge < -0.3 is 0 Å². The summed E-state index contributed by atoms with van der Waals surface area (Å²) in [5.74, 6) is 0. The van der Waals surface area contributed by atoms with E-state index in [2.05, 4.69) is 38.9 Å². The van der Waals surface area contributed by atoms with Crippen LogP contribution >= 0.6 is 0 Å². The summed E-state index contributed by atoms with van der Waals surface area (Å²) in [7, 11) is 1.19. The van der Waals surface area contributed by atoms with Gasteiger partial charge in [0, 0.05) is 0 Å². The van der Waals surface area contributed by atoms with Crippen LogP contribution in [0, 0.1) is 0 Å². The van der Waals surface area contributed by atoms with Crippen LogP contribution < -0.4 is 0 Å². The number of rotatable bonds is 3. The molecule has 0 spiro atoms. The van der Waals surface area contributed by atoms with Crippen LogP contribution in [0.15, 0.2) is 0 Å². The summed E-state index contributed by atoms with van der Waals surface area (Å²) in [4.78, 5) is 0. The van der Waals surface area contributed by atoms with E-state index < -0.39 is 0 Å². The fourth-order valence-corrected chi connectivity index (χ4v) is 3.63. The van der Waals surface area contributed by atoms with Crippen LogP contribution in [0.4, 0.5) is 0 Å². The molecule has 0 amide bonds. The Morgan fingerprint density at radius 3 is 1.00 bits per heavy atom. The molecule has 0 rings (SSSR count). The Morgan fingerprint density at radius 1 is 0.700 bits per heavy atom. The zero-order valence-electron chi connectivity index (χ0n) is 7.97. The Bertz CT molecular complexity index is 77.3. The highest BCUT2D eigenvalue weighted by Gasteiger charge is 2.31. The van der Waals surface area contributed by atoms with Crippen molar-refractivity contribution in [3.8, 4) is 0 Å². The molecule has 0 aromatic heterocycles. The molecule has 0 nitrogen and oxygen atoms in total. The lowest BCUT2D eigenvalue weighted by Crippen LogP contribution is -2.33. The van der Waals surface area contributed by atoms with Gasteiger partial charge in [0.15, 0.2) is 10.5 Å². The van der Waals surface area contributed by atoms with Crippen molar-refractivity contribution in [1.29, 1.82) is 0 Å². The van der Waals surface area contributed by atoms with Crippen LogP contribution in [0.2, 0.25) is 0 Å². The second-order valence-corrected chi connectivity index (χ2v) is 8.18. The molecule has 0 aromatic rings. The highest BCUT2D eigenvalue weighted by molar-refractivity contribution is 7.99. The first kappa shape index (κ1) is 10.7. The molecule has 2 atom stereocenters. The van der Waals surface area contributed by atoms with Crippen LogP contribution in [-0.4, -0.2) is 35.5 Å². The molecule has 0 saturated heterocycles. The van der Waals surface area contributed by atoms with Gasteiger partial charge in [-0.2, -0.15) is 0 Å². The van der Waals surface area contributed by atoms with Gasteiger partial charge in [0.1, 0.15) is 0 Å². The molecule has 0 aliphatic heterocycles. The molecule has 2 unspecified atom stereocenters. The van der Waals surface area contributed by atoms with E-state index in [4.69, 9.17) is 0 Å². The smallest absolute Gasteiger partial charge is 0.0119 e. The Kier molecular flexibility index (Phi) is 4.87. The fourth-order valence-electron chi connectivity index (χ4n) is 0.767. The van der Waals surface area contributed by atoms with E-state index in [9.17, 15) is 0 Å². The first-order valence-corrected chi connectivity index (χ1v) is 7.80. The van der Waals surface area contributed by atoms with E-state index in [0.717, 1.165) is 10.5 Å². The Hall–Kier alpha value is 0.700. The molecule has 0 aromatic carbocycles. The van der Waals surface area contributed by atoms with Crippen LogP contribution in [0.1, 0.15) is 13.8 Å². The topological polar surface area (TPSA) is 0 Å². The zero-order chi connectivity index (χ0) is 8.31. The maximum absolute atomic E-state index is 2.38. The van der Waals surface area contributed by atoms with E-state index >= 15 is 0 Å². The normalized spacial score (nSPS) is 18.0. The fraction of sp³-hybridized carbons (Fsp3) is 1.00. The van der Waals surface area contributed by atoms with Gasteiger partial charge >= 0.3 is 0 Å². The van der Waals surface area contributed by atoms with Gasteiger partial charge in [0.05, 0.1) is 25.0 Å². The third kappa shape index (κ3) is 3.20. The van der Waals surface area contributed by atoms with Crippen LogP contribution in [0.3, 0.4) is 0 Å². The SMILES string of the molecule is CC(C(C)[S+](C)C)[S+](C)C. The van der Waals surface area contributed by atoms with Gasteiger partial charge in [0.2, 0.25) is 0 Å². The molecule has 0 N–H and O–H groups in total. The van der Waals surface area contributed by atoms with Crippen LogP contribution in [0.5, 0.6) is 0 Å². The van der Waals surface area contributed by atoms with Crippen LogP contribution in [0.25, 0.3) is 0 Å². The second kappa shape index (κ2) is 4.55. The highest BCUT2D eigenvalue weighted by Crippen LogP contribution is 2.11. The molecule has 0 bridgehead atoms. The largest absolute Gasteiger partial charge is 0.161 e. The summed E-state index contributed by atoms with van der Waals surface area (Å²) in [6.45, 7) is 4.75. The second-order valence-electron chi connectivity index (χ2n) is 3.17. The Balaban J connectivity index is 3.81. The quantitative estimate of drug-likeness (QED) is 0.578. The molecule has 0 saturated carbocycles. The predicted molar refractivity (Wildman–Crippen MR) is 57.4 cm³/mol. The van der Waals surface area contributed by atoms with Gasteiger partial charge in [-0.25, -0.2) is 0 Å². The van der Waals surface area contributed by atoms with E-state index in [1.54, 1.807) is 0 Å². The molecule has 0 aliphatic carbocycles. The standard InChI is InChI=1S/C8H20S2/c1-7(9(3)4)8(2)10(5)6/h7-8H,1-6H3/q+2. The van der Waals surface area contributed by atoms with E-state index in [-0.39, 0.29) is 0 Å². The predicted octanol–water partition coefficient (Wildman–Crippen LogP) is 1.52. The van der Waals surface area contributed by atoms with Crippen molar-refractivity contribution in [2.45, 2.75) is 24.3 Å². The molecule has 0 aliphatic rings. The van der Waals surface area contributed by atoms with Crippen molar-refractivity contribution >= 4 is 21.8 Å². The van der Waals surface area contributed by atoms with Gasteiger partial charge in [0.25, 0.3) is 0 Å². The summed E-state index contributed by atoms with van der Waals surface area (Å²) in [6, 6.07) is 0. The molecule has 0 fully saturated rings. The molecule has 0 radical (unpaired) electrons.